The van der Waals surface area contributed by atoms with Crippen LogP contribution in [0.15, 0.2) is 23.7 Å². The van der Waals surface area contributed by atoms with Gasteiger partial charge in [0.05, 0.1) is 16.6 Å². The summed E-state index contributed by atoms with van der Waals surface area (Å²) in [7, 11) is 0. The van der Waals surface area contributed by atoms with E-state index in [-0.39, 0.29) is 12.5 Å². The lowest BCUT2D eigenvalue weighted by Gasteiger charge is -2.10. The molecule has 0 bridgehead atoms. The molecule has 2 atom stereocenters. The minimum atomic E-state index is -2.50. The largest absolute Gasteiger partial charge is 0.378 e. The maximum Gasteiger partial charge on any atom is 0.251 e. The highest BCUT2D eigenvalue weighted by Gasteiger charge is 2.56. The number of halogens is 2. The second-order valence-electron chi connectivity index (χ2n) is 6.88. The van der Waals surface area contributed by atoms with Crippen LogP contribution < -0.4 is 11.1 Å². The molecule has 0 spiro atoms. The molecule has 0 aliphatic heterocycles. The first kappa shape index (κ1) is 17.8. The molecular formula is C18H20F2N4S2. The van der Waals surface area contributed by atoms with Gasteiger partial charge in [-0.05, 0) is 36.8 Å². The molecule has 8 heteroatoms. The monoisotopic (exact) mass is 394 g/mol. The van der Waals surface area contributed by atoms with E-state index in [1.54, 1.807) is 28.9 Å². The molecule has 3 heterocycles. The average Bonchev–Trinajstić information content (AvgIpc) is 2.98. The van der Waals surface area contributed by atoms with E-state index in [9.17, 15) is 8.78 Å². The molecule has 26 heavy (non-hydrogen) atoms. The van der Waals surface area contributed by atoms with Gasteiger partial charge in [-0.15, -0.1) is 27.8 Å². The smallest absolute Gasteiger partial charge is 0.251 e. The summed E-state index contributed by atoms with van der Waals surface area (Å²) in [6, 6.07) is 3.86. The molecule has 3 N–H and O–H groups in total. The van der Waals surface area contributed by atoms with Crippen LogP contribution in [0.25, 0.3) is 10.2 Å². The quantitative estimate of drug-likeness (QED) is 0.615. The first-order valence-electron chi connectivity index (χ1n) is 8.57. The van der Waals surface area contributed by atoms with Crippen LogP contribution in [0.3, 0.4) is 0 Å². The number of fused-ring (bicyclic) bond motifs is 1. The van der Waals surface area contributed by atoms with Gasteiger partial charge in [0.15, 0.2) is 0 Å². The van der Waals surface area contributed by atoms with Crippen molar-refractivity contribution in [2.24, 2.45) is 11.7 Å². The number of nitrogens with one attached hydrogen (secondary N) is 1. The minimum Gasteiger partial charge on any atom is -0.378 e. The molecule has 0 aromatic carbocycles. The Morgan fingerprint density at radius 1 is 1.46 bits per heavy atom. The lowest BCUT2D eigenvalue weighted by atomic mass is 10.0. The Hall–Kier alpha value is -1.64. The van der Waals surface area contributed by atoms with Crippen LogP contribution in [0.2, 0.25) is 0 Å². The normalized spacial score (nSPS) is 19.6. The highest BCUT2D eigenvalue weighted by atomic mass is 32.1. The third-order valence-corrected chi connectivity index (χ3v) is 7.04. The summed E-state index contributed by atoms with van der Waals surface area (Å²) in [5.74, 6) is -3.05. The van der Waals surface area contributed by atoms with E-state index in [4.69, 9.17) is 5.73 Å². The summed E-state index contributed by atoms with van der Waals surface area (Å²) >= 11 is 3.34. The number of hydrogen-bond donors (Lipinski definition) is 2. The fraction of sp³-hybridized carbons (Fsp3) is 0.444. The molecule has 4 nitrogen and oxygen atoms in total. The first-order chi connectivity index (χ1) is 12.4. The van der Waals surface area contributed by atoms with Crippen molar-refractivity contribution in [2.75, 3.05) is 5.32 Å². The SMILES string of the molecule is Cc1c(C[C@H](N)C[C@H]2CC2(F)F)sc2c(NCc3cccs3)cnnc12. The van der Waals surface area contributed by atoms with Crippen LogP contribution in [0.5, 0.6) is 0 Å². The molecule has 0 radical (unpaired) electrons. The van der Waals surface area contributed by atoms with Crippen LogP contribution in [-0.2, 0) is 13.0 Å². The molecule has 1 saturated carbocycles. The Bertz CT molecular complexity index is 907. The van der Waals surface area contributed by atoms with Crippen molar-refractivity contribution in [1.82, 2.24) is 10.2 Å². The Morgan fingerprint density at radius 3 is 2.96 bits per heavy atom. The number of alkyl halides is 2. The predicted molar refractivity (Wildman–Crippen MR) is 103 cm³/mol. The van der Waals surface area contributed by atoms with Crippen molar-refractivity contribution in [2.45, 2.75) is 44.7 Å². The maximum absolute atomic E-state index is 13.1. The third-order valence-electron chi connectivity index (χ3n) is 4.83. The highest BCUT2D eigenvalue weighted by molar-refractivity contribution is 7.19. The fourth-order valence-electron chi connectivity index (χ4n) is 3.18. The number of thiophene rings is 2. The number of anilines is 1. The van der Waals surface area contributed by atoms with Crippen molar-refractivity contribution < 1.29 is 8.78 Å². The predicted octanol–water partition coefficient (Wildman–Crippen LogP) is 4.59. The first-order valence-corrected chi connectivity index (χ1v) is 10.3. The van der Waals surface area contributed by atoms with Crippen LogP contribution >= 0.6 is 22.7 Å². The van der Waals surface area contributed by atoms with Gasteiger partial charge in [0.25, 0.3) is 5.92 Å². The molecule has 0 saturated heterocycles. The third kappa shape index (κ3) is 3.58. The summed E-state index contributed by atoms with van der Waals surface area (Å²) in [6.07, 6.45) is 2.69. The zero-order valence-corrected chi connectivity index (χ0v) is 16.0. The van der Waals surface area contributed by atoms with E-state index < -0.39 is 11.8 Å². The fourth-order valence-corrected chi connectivity index (χ4v) is 5.15. The second-order valence-corrected chi connectivity index (χ2v) is 9.02. The second kappa shape index (κ2) is 6.83. The summed E-state index contributed by atoms with van der Waals surface area (Å²) in [4.78, 5) is 2.35. The highest BCUT2D eigenvalue weighted by Crippen LogP contribution is 2.51. The summed E-state index contributed by atoms with van der Waals surface area (Å²) in [5, 5.41) is 13.9. The van der Waals surface area contributed by atoms with E-state index in [0.29, 0.717) is 12.8 Å². The van der Waals surface area contributed by atoms with Crippen LogP contribution in [0.1, 0.15) is 28.2 Å². The Labute approximate surface area is 158 Å². The topological polar surface area (TPSA) is 63.8 Å². The summed E-state index contributed by atoms with van der Waals surface area (Å²) < 4.78 is 27.3. The summed E-state index contributed by atoms with van der Waals surface area (Å²) in [5.41, 5.74) is 9.01. The lowest BCUT2D eigenvalue weighted by molar-refractivity contribution is 0.0954. The van der Waals surface area contributed by atoms with E-state index >= 15 is 0 Å². The van der Waals surface area contributed by atoms with Crippen molar-refractivity contribution in [3.05, 3.63) is 39.0 Å². The molecule has 1 fully saturated rings. The molecule has 1 aliphatic carbocycles. The van der Waals surface area contributed by atoms with Gasteiger partial charge in [-0.3, -0.25) is 0 Å². The lowest BCUT2D eigenvalue weighted by Crippen LogP contribution is -2.24. The van der Waals surface area contributed by atoms with E-state index in [1.807, 2.05) is 13.0 Å². The van der Waals surface area contributed by atoms with Crippen LogP contribution in [0, 0.1) is 12.8 Å². The van der Waals surface area contributed by atoms with Gasteiger partial charge >= 0.3 is 0 Å². The number of hydrogen-bond acceptors (Lipinski definition) is 6. The average molecular weight is 395 g/mol. The van der Waals surface area contributed by atoms with E-state index in [2.05, 4.69) is 27.0 Å². The summed E-state index contributed by atoms with van der Waals surface area (Å²) in [6.45, 7) is 2.74. The molecule has 0 unspecified atom stereocenters. The Morgan fingerprint density at radius 2 is 2.27 bits per heavy atom. The molecule has 138 valence electrons. The Balaban J connectivity index is 1.51. The van der Waals surface area contributed by atoms with Crippen molar-refractivity contribution in [3.63, 3.8) is 0 Å². The standard InChI is InChI=1S/C18H20F2N4S2/c1-10-15(6-12(21)5-11-7-18(11,19)20)26-17-14(9-23-24-16(10)17)22-8-13-3-2-4-25-13/h2-4,9,11-12H,5-8,21H2,1H3,(H,22,24)/t11-,12+/m0/s1. The molecule has 1 aliphatic rings. The van der Waals surface area contributed by atoms with E-state index in [0.717, 1.165) is 32.9 Å². The number of aryl methyl sites for hydroxylation is 1. The Kier molecular flexibility index (Phi) is 4.66. The van der Waals surface area contributed by atoms with Crippen molar-refractivity contribution >= 4 is 38.6 Å². The zero-order valence-electron chi connectivity index (χ0n) is 14.3. The number of aromatic nitrogens is 2. The molecular weight excluding hydrogens is 374 g/mol. The van der Waals surface area contributed by atoms with Gasteiger partial charge in [0, 0.05) is 34.7 Å². The van der Waals surface area contributed by atoms with Crippen molar-refractivity contribution in [1.29, 1.82) is 0 Å². The molecule has 3 aromatic rings. The van der Waals surface area contributed by atoms with Gasteiger partial charge in [-0.2, -0.15) is 5.10 Å². The van der Waals surface area contributed by atoms with Gasteiger partial charge in [-0.1, -0.05) is 6.07 Å². The molecule has 4 rings (SSSR count). The molecule has 0 amide bonds. The van der Waals surface area contributed by atoms with Gasteiger partial charge in [0.1, 0.15) is 5.52 Å². The molecule has 3 aromatic heterocycles. The van der Waals surface area contributed by atoms with Crippen LogP contribution in [-0.4, -0.2) is 22.2 Å². The number of nitrogens with two attached hydrogens (primary N) is 1. The maximum atomic E-state index is 13.1. The van der Waals surface area contributed by atoms with Gasteiger partial charge in [0.2, 0.25) is 0 Å². The van der Waals surface area contributed by atoms with Crippen LogP contribution in [0.4, 0.5) is 14.5 Å². The van der Waals surface area contributed by atoms with Gasteiger partial charge < -0.3 is 11.1 Å². The number of rotatable bonds is 7. The van der Waals surface area contributed by atoms with Gasteiger partial charge in [-0.25, -0.2) is 8.78 Å². The van der Waals surface area contributed by atoms with Crippen molar-refractivity contribution in [3.8, 4) is 0 Å². The number of nitrogens with zero attached hydrogens (tertiary/aromatic N) is 2. The van der Waals surface area contributed by atoms with E-state index in [1.165, 1.54) is 4.88 Å². The zero-order chi connectivity index (χ0) is 18.3. The minimum absolute atomic E-state index is 0.0195.